The fourth-order valence-electron chi connectivity index (χ4n) is 2.81. The zero-order chi connectivity index (χ0) is 15.5. The molecule has 1 N–H and O–H groups in total. The molecule has 0 radical (unpaired) electrons. The van der Waals surface area contributed by atoms with E-state index in [1.807, 2.05) is 30.0 Å². The Labute approximate surface area is 128 Å². The first-order chi connectivity index (χ1) is 10.6. The van der Waals surface area contributed by atoms with Crippen molar-refractivity contribution in [3.8, 4) is 0 Å². The SMILES string of the molecule is Cc1ccc(C(=O)N2CCCC(c3ccnc(=O)[nH]3)C2)cn1. The number of hydrogen-bond donors (Lipinski definition) is 1. The predicted octanol–water partition coefficient (Wildman–Crippen LogP) is 1.49. The molecule has 6 heteroatoms. The van der Waals surface area contributed by atoms with Gasteiger partial charge in [0.1, 0.15) is 0 Å². The summed E-state index contributed by atoms with van der Waals surface area (Å²) < 4.78 is 0. The van der Waals surface area contributed by atoms with E-state index in [9.17, 15) is 9.59 Å². The van der Waals surface area contributed by atoms with Crippen molar-refractivity contribution in [2.75, 3.05) is 13.1 Å². The summed E-state index contributed by atoms with van der Waals surface area (Å²) in [5.41, 5.74) is 2.00. The first kappa shape index (κ1) is 14.4. The Hall–Kier alpha value is -2.50. The van der Waals surface area contributed by atoms with Crippen LogP contribution in [0.15, 0.2) is 35.4 Å². The minimum absolute atomic E-state index is 0.00592. The van der Waals surface area contributed by atoms with Crippen LogP contribution < -0.4 is 5.69 Å². The van der Waals surface area contributed by atoms with Gasteiger partial charge in [0, 0.05) is 42.8 Å². The average molecular weight is 298 g/mol. The lowest BCUT2D eigenvalue weighted by Crippen LogP contribution is -2.39. The van der Waals surface area contributed by atoms with Crippen molar-refractivity contribution in [1.29, 1.82) is 0 Å². The summed E-state index contributed by atoms with van der Waals surface area (Å²) >= 11 is 0. The van der Waals surface area contributed by atoms with Gasteiger partial charge in [0.25, 0.3) is 5.91 Å². The molecule has 1 aliphatic heterocycles. The molecule has 2 aromatic rings. The molecule has 0 bridgehead atoms. The predicted molar refractivity (Wildman–Crippen MR) is 81.7 cm³/mol. The minimum atomic E-state index is -0.344. The first-order valence-corrected chi connectivity index (χ1v) is 7.40. The Balaban J connectivity index is 1.76. The van der Waals surface area contributed by atoms with E-state index in [0.717, 1.165) is 30.8 Å². The number of aromatic amines is 1. The topological polar surface area (TPSA) is 79.0 Å². The maximum absolute atomic E-state index is 12.6. The van der Waals surface area contributed by atoms with Gasteiger partial charge in [0.15, 0.2) is 0 Å². The van der Waals surface area contributed by atoms with E-state index in [0.29, 0.717) is 12.1 Å². The van der Waals surface area contributed by atoms with Crippen molar-refractivity contribution in [2.45, 2.75) is 25.7 Å². The lowest BCUT2D eigenvalue weighted by molar-refractivity contribution is 0.0705. The lowest BCUT2D eigenvalue weighted by Gasteiger charge is -2.32. The smallest absolute Gasteiger partial charge is 0.338 e. The van der Waals surface area contributed by atoms with E-state index in [1.165, 1.54) is 6.20 Å². The molecule has 1 saturated heterocycles. The van der Waals surface area contributed by atoms with Gasteiger partial charge in [-0.2, -0.15) is 0 Å². The molecule has 1 amide bonds. The summed E-state index contributed by atoms with van der Waals surface area (Å²) in [6.07, 6.45) is 5.00. The highest BCUT2D eigenvalue weighted by Gasteiger charge is 2.26. The maximum Gasteiger partial charge on any atom is 0.345 e. The quantitative estimate of drug-likeness (QED) is 0.911. The molecule has 6 nitrogen and oxygen atoms in total. The van der Waals surface area contributed by atoms with Crippen molar-refractivity contribution < 1.29 is 4.79 Å². The summed E-state index contributed by atoms with van der Waals surface area (Å²) in [4.78, 5) is 36.3. The Morgan fingerprint density at radius 1 is 1.32 bits per heavy atom. The minimum Gasteiger partial charge on any atom is -0.338 e. The van der Waals surface area contributed by atoms with Crippen molar-refractivity contribution in [2.24, 2.45) is 0 Å². The van der Waals surface area contributed by atoms with Crippen molar-refractivity contribution in [3.05, 3.63) is 58.0 Å². The number of H-pyrrole nitrogens is 1. The van der Waals surface area contributed by atoms with Gasteiger partial charge in [-0.1, -0.05) is 0 Å². The first-order valence-electron chi connectivity index (χ1n) is 7.40. The number of piperidine rings is 1. The third-order valence-electron chi connectivity index (χ3n) is 4.00. The van der Waals surface area contributed by atoms with Crippen LogP contribution in [0.3, 0.4) is 0 Å². The van der Waals surface area contributed by atoms with Crippen molar-refractivity contribution in [1.82, 2.24) is 19.9 Å². The van der Waals surface area contributed by atoms with Crippen LogP contribution in [0.5, 0.6) is 0 Å². The second-order valence-corrected chi connectivity index (χ2v) is 5.61. The number of rotatable bonds is 2. The molecule has 0 aliphatic carbocycles. The monoisotopic (exact) mass is 298 g/mol. The zero-order valence-corrected chi connectivity index (χ0v) is 12.5. The fraction of sp³-hybridized carbons (Fsp3) is 0.375. The molecule has 1 fully saturated rings. The van der Waals surface area contributed by atoms with Crippen LogP contribution in [0.2, 0.25) is 0 Å². The molecular weight excluding hydrogens is 280 g/mol. The Kier molecular flexibility index (Phi) is 4.00. The summed E-state index contributed by atoms with van der Waals surface area (Å²) in [7, 11) is 0. The third-order valence-corrected chi connectivity index (χ3v) is 4.00. The van der Waals surface area contributed by atoms with Crippen LogP contribution in [0.25, 0.3) is 0 Å². The van der Waals surface area contributed by atoms with Gasteiger partial charge in [-0.15, -0.1) is 0 Å². The molecule has 0 spiro atoms. The number of hydrogen-bond acceptors (Lipinski definition) is 4. The van der Waals surface area contributed by atoms with E-state index in [1.54, 1.807) is 6.20 Å². The molecule has 3 heterocycles. The van der Waals surface area contributed by atoms with Crippen molar-refractivity contribution in [3.63, 3.8) is 0 Å². The van der Waals surface area contributed by atoms with Crippen LogP contribution in [-0.2, 0) is 0 Å². The van der Waals surface area contributed by atoms with E-state index >= 15 is 0 Å². The third kappa shape index (κ3) is 3.05. The molecule has 0 saturated carbocycles. The Morgan fingerprint density at radius 2 is 2.18 bits per heavy atom. The van der Waals surface area contributed by atoms with E-state index in [2.05, 4.69) is 15.0 Å². The van der Waals surface area contributed by atoms with E-state index in [-0.39, 0.29) is 17.5 Å². The fourth-order valence-corrected chi connectivity index (χ4v) is 2.81. The largest absolute Gasteiger partial charge is 0.345 e. The number of carbonyl (C=O) groups excluding carboxylic acids is 1. The van der Waals surface area contributed by atoms with Gasteiger partial charge in [-0.3, -0.25) is 9.78 Å². The number of aromatic nitrogens is 3. The van der Waals surface area contributed by atoms with E-state index in [4.69, 9.17) is 0 Å². The maximum atomic E-state index is 12.6. The molecule has 2 aromatic heterocycles. The number of likely N-dealkylation sites (tertiary alicyclic amines) is 1. The standard InChI is InChI=1S/C16H18N4O2/c1-11-4-5-12(9-18-11)15(21)20-8-2-3-13(10-20)14-6-7-17-16(22)19-14/h4-7,9,13H,2-3,8,10H2,1H3,(H,17,19,22). The second kappa shape index (κ2) is 6.09. The Morgan fingerprint density at radius 3 is 2.91 bits per heavy atom. The van der Waals surface area contributed by atoms with Crippen LogP contribution >= 0.6 is 0 Å². The normalized spacial score (nSPS) is 18.2. The summed E-state index contributed by atoms with van der Waals surface area (Å²) in [6, 6.07) is 5.46. The van der Waals surface area contributed by atoms with Gasteiger partial charge in [-0.05, 0) is 38.0 Å². The summed E-state index contributed by atoms with van der Waals surface area (Å²) in [5.74, 6) is 0.139. The van der Waals surface area contributed by atoms with Gasteiger partial charge < -0.3 is 9.88 Å². The van der Waals surface area contributed by atoms with Crippen LogP contribution in [0, 0.1) is 6.92 Å². The molecule has 0 aromatic carbocycles. The van der Waals surface area contributed by atoms with Crippen LogP contribution in [0.1, 0.15) is 40.5 Å². The highest BCUT2D eigenvalue weighted by atomic mass is 16.2. The summed E-state index contributed by atoms with van der Waals surface area (Å²) in [5, 5.41) is 0. The molecule has 22 heavy (non-hydrogen) atoms. The summed E-state index contributed by atoms with van der Waals surface area (Å²) in [6.45, 7) is 3.23. The van der Waals surface area contributed by atoms with Crippen LogP contribution in [-0.4, -0.2) is 38.8 Å². The number of carbonyl (C=O) groups is 1. The van der Waals surface area contributed by atoms with Gasteiger partial charge >= 0.3 is 5.69 Å². The number of nitrogens with one attached hydrogen (secondary N) is 1. The van der Waals surface area contributed by atoms with Gasteiger partial charge in [0.2, 0.25) is 0 Å². The molecule has 1 unspecified atom stereocenters. The number of amides is 1. The second-order valence-electron chi connectivity index (χ2n) is 5.61. The molecule has 1 atom stereocenters. The lowest BCUT2D eigenvalue weighted by atomic mass is 9.94. The van der Waals surface area contributed by atoms with Crippen LogP contribution in [0.4, 0.5) is 0 Å². The number of pyridine rings is 1. The highest BCUT2D eigenvalue weighted by molar-refractivity contribution is 5.94. The number of aryl methyl sites for hydroxylation is 1. The molecule has 114 valence electrons. The van der Waals surface area contributed by atoms with E-state index < -0.39 is 0 Å². The van der Waals surface area contributed by atoms with Gasteiger partial charge in [0.05, 0.1) is 5.56 Å². The average Bonchev–Trinajstić information content (AvgIpc) is 2.55. The molecular formula is C16H18N4O2. The highest BCUT2D eigenvalue weighted by Crippen LogP contribution is 2.25. The van der Waals surface area contributed by atoms with Gasteiger partial charge in [-0.25, -0.2) is 9.78 Å². The Bertz CT molecular complexity index is 723. The molecule has 1 aliphatic rings. The van der Waals surface area contributed by atoms with Crippen molar-refractivity contribution >= 4 is 5.91 Å². The molecule has 3 rings (SSSR count). The number of nitrogens with zero attached hydrogens (tertiary/aromatic N) is 3. The zero-order valence-electron chi connectivity index (χ0n) is 12.5.